The van der Waals surface area contributed by atoms with E-state index in [1.54, 1.807) is 6.92 Å². The third kappa shape index (κ3) is 5.41. The van der Waals surface area contributed by atoms with Crippen LogP contribution in [0.4, 0.5) is 0 Å². The van der Waals surface area contributed by atoms with E-state index in [-0.39, 0.29) is 0 Å². The monoisotopic (exact) mass is 334 g/mol. The van der Waals surface area contributed by atoms with Crippen LogP contribution in [-0.4, -0.2) is 51.1 Å². The first-order valence-corrected chi connectivity index (χ1v) is 10.4. The Labute approximate surface area is 126 Å². The van der Waals surface area contributed by atoms with Gasteiger partial charge in [-0.3, -0.25) is 0 Å². The lowest BCUT2D eigenvalue weighted by atomic mass is 10.1. The van der Waals surface area contributed by atoms with E-state index in [0.717, 1.165) is 11.8 Å². The molecular formula is C14H22O5S2. The van der Waals surface area contributed by atoms with Crippen LogP contribution in [0.15, 0.2) is 30.3 Å². The third-order valence-corrected chi connectivity index (χ3v) is 7.62. The van der Waals surface area contributed by atoms with E-state index in [4.69, 9.17) is 5.11 Å². The van der Waals surface area contributed by atoms with Crippen LogP contribution in [-0.2, 0) is 26.1 Å². The largest absolute Gasteiger partial charge is 0.395 e. The Kier molecular flexibility index (Phi) is 6.37. The predicted octanol–water partition coefficient (Wildman–Crippen LogP) is 0.828. The standard InChI is InChI=1S/C14H22O5S2/c1-3-13(9-12-7-5-4-6-8-12)21(18,19)11-14(10-15)20(2,16)17/h4-8,13-15H,3,9-11H2,1-2H3. The molecule has 0 radical (unpaired) electrons. The van der Waals surface area contributed by atoms with Gasteiger partial charge in [-0.05, 0) is 18.4 Å². The fourth-order valence-electron chi connectivity index (χ4n) is 2.11. The number of sulfone groups is 2. The first-order chi connectivity index (χ1) is 9.70. The molecule has 21 heavy (non-hydrogen) atoms. The number of aliphatic hydroxyl groups is 1. The number of aliphatic hydroxyl groups excluding tert-OH is 1. The number of hydrogen-bond donors (Lipinski definition) is 1. The molecule has 0 amide bonds. The molecular weight excluding hydrogens is 312 g/mol. The summed E-state index contributed by atoms with van der Waals surface area (Å²) in [5.74, 6) is -0.534. The maximum absolute atomic E-state index is 12.4. The Morgan fingerprint density at radius 1 is 1.05 bits per heavy atom. The van der Waals surface area contributed by atoms with Crippen LogP contribution in [0.1, 0.15) is 18.9 Å². The minimum absolute atomic E-state index is 0.349. The van der Waals surface area contributed by atoms with Gasteiger partial charge in [-0.25, -0.2) is 16.8 Å². The van der Waals surface area contributed by atoms with E-state index in [1.165, 1.54) is 0 Å². The number of rotatable bonds is 8. The lowest BCUT2D eigenvalue weighted by Crippen LogP contribution is -2.37. The van der Waals surface area contributed by atoms with Gasteiger partial charge in [0.05, 0.1) is 22.9 Å². The highest BCUT2D eigenvalue weighted by atomic mass is 32.2. The van der Waals surface area contributed by atoms with Gasteiger partial charge in [0, 0.05) is 6.26 Å². The smallest absolute Gasteiger partial charge is 0.154 e. The molecule has 0 fully saturated rings. The van der Waals surface area contributed by atoms with Crippen molar-refractivity contribution in [3.05, 3.63) is 35.9 Å². The predicted molar refractivity (Wildman–Crippen MR) is 83.7 cm³/mol. The number of hydrogen-bond acceptors (Lipinski definition) is 5. The van der Waals surface area contributed by atoms with Crippen LogP contribution in [0.5, 0.6) is 0 Å². The molecule has 0 aliphatic rings. The molecule has 1 aromatic carbocycles. The quantitative estimate of drug-likeness (QED) is 0.760. The Morgan fingerprint density at radius 3 is 2.05 bits per heavy atom. The van der Waals surface area contributed by atoms with Gasteiger partial charge < -0.3 is 5.11 Å². The average Bonchev–Trinajstić information content (AvgIpc) is 2.42. The summed E-state index contributed by atoms with van der Waals surface area (Å²) in [6.07, 6.45) is 1.70. The van der Waals surface area contributed by atoms with Gasteiger partial charge in [-0.1, -0.05) is 37.3 Å². The Balaban J connectivity index is 2.93. The van der Waals surface area contributed by atoms with Gasteiger partial charge in [-0.2, -0.15) is 0 Å². The molecule has 120 valence electrons. The van der Waals surface area contributed by atoms with E-state index in [9.17, 15) is 16.8 Å². The van der Waals surface area contributed by atoms with E-state index in [1.807, 2.05) is 30.3 Å². The van der Waals surface area contributed by atoms with Crippen molar-refractivity contribution in [2.24, 2.45) is 0 Å². The zero-order chi connectivity index (χ0) is 16.1. The molecule has 2 atom stereocenters. The molecule has 2 unspecified atom stereocenters. The number of benzene rings is 1. The van der Waals surface area contributed by atoms with Gasteiger partial charge in [0.25, 0.3) is 0 Å². The fraction of sp³-hybridized carbons (Fsp3) is 0.571. The van der Waals surface area contributed by atoms with Gasteiger partial charge in [0.15, 0.2) is 19.7 Å². The normalized spacial score (nSPS) is 15.6. The summed E-state index contributed by atoms with van der Waals surface area (Å²) in [5, 5.41) is 7.23. The van der Waals surface area contributed by atoms with E-state index in [0.29, 0.717) is 12.8 Å². The van der Waals surface area contributed by atoms with Crippen molar-refractivity contribution in [1.82, 2.24) is 0 Å². The van der Waals surface area contributed by atoms with Crippen molar-refractivity contribution in [1.29, 1.82) is 0 Å². The van der Waals surface area contributed by atoms with Crippen LogP contribution in [0.3, 0.4) is 0 Å². The van der Waals surface area contributed by atoms with Gasteiger partial charge >= 0.3 is 0 Å². The van der Waals surface area contributed by atoms with E-state index >= 15 is 0 Å². The van der Waals surface area contributed by atoms with Crippen LogP contribution in [0, 0.1) is 0 Å². The Bertz CT molecular complexity index is 635. The molecule has 0 aliphatic carbocycles. The van der Waals surface area contributed by atoms with Gasteiger partial charge in [0.1, 0.15) is 0 Å². The molecule has 0 spiro atoms. The summed E-state index contributed by atoms with van der Waals surface area (Å²) >= 11 is 0. The molecule has 0 heterocycles. The molecule has 1 rings (SSSR count). The summed E-state index contributed by atoms with van der Waals surface area (Å²) in [6, 6.07) is 9.21. The van der Waals surface area contributed by atoms with Crippen molar-refractivity contribution < 1.29 is 21.9 Å². The van der Waals surface area contributed by atoms with Crippen LogP contribution in [0.25, 0.3) is 0 Å². The first kappa shape index (κ1) is 18.1. The van der Waals surface area contributed by atoms with Crippen molar-refractivity contribution in [2.75, 3.05) is 18.6 Å². The van der Waals surface area contributed by atoms with Crippen LogP contribution >= 0.6 is 0 Å². The van der Waals surface area contributed by atoms with Crippen molar-refractivity contribution in [3.8, 4) is 0 Å². The van der Waals surface area contributed by atoms with Gasteiger partial charge in [-0.15, -0.1) is 0 Å². The molecule has 0 aliphatic heterocycles. The SMILES string of the molecule is CCC(Cc1ccccc1)S(=O)(=O)CC(CO)S(C)(=O)=O. The summed E-state index contributed by atoms with van der Waals surface area (Å²) in [4.78, 5) is 0. The zero-order valence-electron chi connectivity index (χ0n) is 12.3. The summed E-state index contributed by atoms with van der Waals surface area (Å²) < 4.78 is 47.8. The lowest BCUT2D eigenvalue weighted by molar-refractivity contribution is 0.296. The molecule has 0 saturated heterocycles. The molecule has 5 nitrogen and oxygen atoms in total. The van der Waals surface area contributed by atoms with Crippen molar-refractivity contribution >= 4 is 19.7 Å². The summed E-state index contributed by atoms with van der Waals surface area (Å²) in [7, 11) is -7.20. The second-order valence-electron chi connectivity index (χ2n) is 5.18. The molecule has 1 N–H and O–H groups in total. The van der Waals surface area contributed by atoms with Crippen LogP contribution in [0.2, 0.25) is 0 Å². The molecule has 7 heteroatoms. The topological polar surface area (TPSA) is 88.5 Å². The molecule has 0 saturated carbocycles. The Hall–Kier alpha value is -0.920. The molecule has 0 aromatic heterocycles. The Morgan fingerprint density at radius 2 is 1.62 bits per heavy atom. The molecule has 0 bridgehead atoms. The minimum atomic E-state index is -3.60. The average molecular weight is 334 g/mol. The minimum Gasteiger partial charge on any atom is -0.395 e. The van der Waals surface area contributed by atoms with Crippen molar-refractivity contribution in [3.63, 3.8) is 0 Å². The molecule has 1 aromatic rings. The van der Waals surface area contributed by atoms with Crippen LogP contribution < -0.4 is 0 Å². The lowest BCUT2D eigenvalue weighted by Gasteiger charge is -2.19. The second kappa shape index (κ2) is 7.38. The van der Waals surface area contributed by atoms with Gasteiger partial charge in [0.2, 0.25) is 0 Å². The maximum atomic E-state index is 12.4. The summed E-state index contributed by atoms with van der Waals surface area (Å²) in [5.41, 5.74) is 0.896. The highest BCUT2D eigenvalue weighted by Gasteiger charge is 2.31. The van der Waals surface area contributed by atoms with E-state index < -0.39 is 42.5 Å². The second-order valence-corrected chi connectivity index (χ2v) is 9.84. The first-order valence-electron chi connectivity index (χ1n) is 6.76. The highest BCUT2D eigenvalue weighted by molar-refractivity contribution is 7.95. The summed E-state index contributed by atoms with van der Waals surface area (Å²) in [6.45, 7) is 1.08. The third-order valence-electron chi connectivity index (χ3n) is 3.50. The van der Waals surface area contributed by atoms with E-state index in [2.05, 4.69) is 0 Å². The van der Waals surface area contributed by atoms with Crippen molar-refractivity contribution in [2.45, 2.75) is 30.3 Å². The fourth-order valence-corrected chi connectivity index (χ4v) is 5.79. The maximum Gasteiger partial charge on any atom is 0.154 e. The highest BCUT2D eigenvalue weighted by Crippen LogP contribution is 2.17. The zero-order valence-corrected chi connectivity index (χ0v) is 13.9.